The van der Waals surface area contributed by atoms with E-state index in [2.05, 4.69) is 31.9 Å². The van der Waals surface area contributed by atoms with Crippen molar-refractivity contribution in [3.05, 3.63) is 56.4 Å². The molecule has 0 radical (unpaired) electrons. The number of halogens is 2. The molecule has 0 amide bonds. The van der Waals surface area contributed by atoms with E-state index < -0.39 is 0 Å². The summed E-state index contributed by atoms with van der Waals surface area (Å²) in [5.41, 5.74) is 0.540. The monoisotopic (exact) mass is 384 g/mol. The molecule has 0 aliphatic carbocycles. The molecule has 0 bridgehead atoms. The molecule has 0 aliphatic rings. The van der Waals surface area contributed by atoms with E-state index in [0.29, 0.717) is 15.8 Å². The summed E-state index contributed by atoms with van der Waals surface area (Å²) in [5.74, 6) is 0.804. The van der Waals surface area contributed by atoms with E-state index in [-0.39, 0.29) is 17.3 Å². The highest BCUT2D eigenvalue weighted by Crippen LogP contribution is 2.32. The van der Waals surface area contributed by atoms with Crippen LogP contribution in [0.4, 0.5) is 0 Å². The molecule has 1 N–H and O–H groups in total. The number of hydrogen-bond acceptors (Lipinski definition) is 3. The molecule has 3 nitrogen and oxygen atoms in total. The molecule has 1 aromatic carbocycles. The van der Waals surface area contributed by atoms with Crippen molar-refractivity contribution < 1.29 is 14.3 Å². The quantitative estimate of drug-likeness (QED) is 0.614. The molecule has 0 aliphatic heterocycles. The number of benzene rings is 1. The first-order valence-electron chi connectivity index (χ1n) is 5.44. The average molecular weight is 386 g/mol. The van der Waals surface area contributed by atoms with Crippen LogP contribution in [0.15, 0.2) is 43.7 Å². The Hall–Kier alpha value is -1.33. The molecule has 2 rings (SSSR count). The van der Waals surface area contributed by atoms with Crippen molar-refractivity contribution in [3.63, 3.8) is 0 Å². The maximum Gasteiger partial charge on any atom is 0.221 e. The number of aryl methyl sites for hydroxylation is 1. The molecule has 0 saturated carbocycles. The highest BCUT2D eigenvalue weighted by Gasteiger charge is 2.08. The predicted molar refractivity (Wildman–Crippen MR) is 80.3 cm³/mol. The second-order valence-corrected chi connectivity index (χ2v) is 5.70. The summed E-state index contributed by atoms with van der Waals surface area (Å²) in [6, 6.07) is 6.80. The maximum absolute atomic E-state index is 11.8. The van der Waals surface area contributed by atoms with Gasteiger partial charge in [0.05, 0.1) is 4.47 Å². The summed E-state index contributed by atoms with van der Waals surface area (Å²) in [4.78, 5) is 11.8. The van der Waals surface area contributed by atoms with Gasteiger partial charge in [-0.25, -0.2) is 0 Å². The third kappa shape index (κ3) is 3.36. The van der Waals surface area contributed by atoms with Crippen molar-refractivity contribution in [1.82, 2.24) is 0 Å². The zero-order valence-corrected chi connectivity index (χ0v) is 13.2. The first-order valence-corrected chi connectivity index (χ1v) is 7.03. The number of aromatic hydroxyl groups is 1. The highest BCUT2D eigenvalue weighted by molar-refractivity contribution is 9.11. The van der Waals surface area contributed by atoms with Crippen LogP contribution in [-0.4, -0.2) is 10.9 Å². The first kappa shape index (κ1) is 14.1. The smallest absolute Gasteiger partial charge is 0.221 e. The number of phenols is 1. The van der Waals surface area contributed by atoms with Crippen LogP contribution in [0.25, 0.3) is 6.08 Å². The minimum absolute atomic E-state index is 0.0860. The first-order chi connectivity index (χ1) is 8.97. The Bertz CT molecular complexity index is 657. The van der Waals surface area contributed by atoms with Gasteiger partial charge in [0, 0.05) is 10.0 Å². The molecule has 1 heterocycles. The Labute approximate surface area is 127 Å². The largest absolute Gasteiger partial charge is 0.506 e. The van der Waals surface area contributed by atoms with Crippen molar-refractivity contribution in [3.8, 4) is 5.75 Å². The van der Waals surface area contributed by atoms with Crippen LogP contribution in [0, 0.1) is 6.92 Å². The van der Waals surface area contributed by atoms with Gasteiger partial charge in [0.1, 0.15) is 11.5 Å². The standard InChI is InChI=1S/C14H10Br2O3/c1-8-2-5-13(19-8)12(17)4-3-9-6-10(15)7-11(16)14(9)18/h2-7,18H,1H3. The van der Waals surface area contributed by atoms with Gasteiger partial charge >= 0.3 is 0 Å². The van der Waals surface area contributed by atoms with Crippen molar-refractivity contribution in [2.24, 2.45) is 0 Å². The van der Waals surface area contributed by atoms with Gasteiger partial charge in [0.15, 0.2) is 5.76 Å². The Kier molecular flexibility index (Phi) is 4.27. The second-order valence-electron chi connectivity index (χ2n) is 3.93. The molecule has 19 heavy (non-hydrogen) atoms. The Morgan fingerprint density at radius 3 is 2.68 bits per heavy atom. The summed E-state index contributed by atoms with van der Waals surface area (Å²) >= 11 is 6.56. The van der Waals surface area contributed by atoms with Crippen LogP contribution < -0.4 is 0 Å². The van der Waals surface area contributed by atoms with Crippen LogP contribution in [0.5, 0.6) is 5.75 Å². The van der Waals surface area contributed by atoms with E-state index in [1.54, 1.807) is 37.3 Å². The second kappa shape index (κ2) is 5.75. The van der Waals surface area contributed by atoms with Crippen LogP contribution >= 0.6 is 31.9 Å². The van der Waals surface area contributed by atoms with Gasteiger partial charge in [-0.1, -0.05) is 15.9 Å². The fourth-order valence-electron chi connectivity index (χ4n) is 1.53. The van der Waals surface area contributed by atoms with Gasteiger partial charge in [-0.05, 0) is 59.3 Å². The number of rotatable bonds is 3. The van der Waals surface area contributed by atoms with E-state index in [9.17, 15) is 9.90 Å². The lowest BCUT2D eigenvalue weighted by molar-refractivity contribution is 0.102. The van der Waals surface area contributed by atoms with Gasteiger partial charge in [-0.15, -0.1) is 0 Å². The Morgan fingerprint density at radius 1 is 1.32 bits per heavy atom. The maximum atomic E-state index is 11.8. The lowest BCUT2D eigenvalue weighted by Crippen LogP contribution is -1.90. The van der Waals surface area contributed by atoms with Crippen LogP contribution in [-0.2, 0) is 0 Å². The summed E-state index contributed by atoms with van der Waals surface area (Å²) in [5, 5.41) is 9.86. The van der Waals surface area contributed by atoms with E-state index in [1.165, 1.54) is 6.08 Å². The van der Waals surface area contributed by atoms with Crippen LogP contribution in [0.3, 0.4) is 0 Å². The van der Waals surface area contributed by atoms with E-state index in [4.69, 9.17) is 4.42 Å². The molecule has 0 unspecified atom stereocenters. The molecular weight excluding hydrogens is 376 g/mol. The summed E-state index contributed by atoms with van der Waals surface area (Å²) in [6.07, 6.45) is 2.91. The normalized spacial score (nSPS) is 11.1. The zero-order chi connectivity index (χ0) is 14.0. The van der Waals surface area contributed by atoms with Crippen molar-refractivity contribution >= 4 is 43.7 Å². The van der Waals surface area contributed by atoms with Gasteiger partial charge in [0.25, 0.3) is 0 Å². The zero-order valence-electron chi connectivity index (χ0n) is 9.98. The lowest BCUT2D eigenvalue weighted by Gasteiger charge is -2.02. The SMILES string of the molecule is Cc1ccc(C(=O)C=Cc2cc(Br)cc(Br)c2O)o1. The Morgan fingerprint density at radius 2 is 2.05 bits per heavy atom. The van der Waals surface area contributed by atoms with Gasteiger partial charge in [-0.3, -0.25) is 4.79 Å². The minimum Gasteiger partial charge on any atom is -0.506 e. The van der Waals surface area contributed by atoms with Gasteiger partial charge in [-0.2, -0.15) is 0 Å². The average Bonchev–Trinajstić information content (AvgIpc) is 2.78. The molecule has 2 aromatic rings. The lowest BCUT2D eigenvalue weighted by atomic mass is 10.1. The number of carbonyl (C=O) groups excluding carboxylic acids is 1. The van der Waals surface area contributed by atoms with E-state index in [1.807, 2.05) is 0 Å². The fourth-order valence-corrected chi connectivity index (χ4v) is 2.79. The number of hydrogen-bond donors (Lipinski definition) is 1. The number of ketones is 1. The van der Waals surface area contributed by atoms with Crippen molar-refractivity contribution in [2.75, 3.05) is 0 Å². The third-order valence-electron chi connectivity index (χ3n) is 2.46. The predicted octanol–water partition coefficient (Wildman–Crippen LogP) is 4.71. The van der Waals surface area contributed by atoms with Gasteiger partial charge in [0.2, 0.25) is 5.78 Å². The molecular formula is C14H10Br2O3. The summed E-state index contributed by atoms with van der Waals surface area (Å²) in [7, 11) is 0. The van der Waals surface area contributed by atoms with Gasteiger partial charge < -0.3 is 9.52 Å². The molecule has 5 heteroatoms. The molecule has 1 aromatic heterocycles. The number of allylic oxidation sites excluding steroid dienone is 1. The van der Waals surface area contributed by atoms with E-state index >= 15 is 0 Å². The van der Waals surface area contributed by atoms with E-state index in [0.717, 1.165) is 4.47 Å². The number of furan rings is 1. The Balaban J connectivity index is 2.26. The molecule has 0 spiro atoms. The highest BCUT2D eigenvalue weighted by atomic mass is 79.9. The molecule has 0 fully saturated rings. The number of phenolic OH excluding ortho intramolecular Hbond substituents is 1. The van der Waals surface area contributed by atoms with Crippen molar-refractivity contribution in [1.29, 1.82) is 0 Å². The molecule has 0 saturated heterocycles. The third-order valence-corrected chi connectivity index (χ3v) is 3.52. The minimum atomic E-state index is -0.247. The van der Waals surface area contributed by atoms with Crippen LogP contribution in [0.2, 0.25) is 0 Å². The fraction of sp³-hybridized carbons (Fsp3) is 0.0714. The molecule has 98 valence electrons. The summed E-state index contributed by atoms with van der Waals surface area (Å²) in [6.45, 7) is 1.78. The topological polar surface area (TPSA) is 50.4 Å². The van der Waals surface area contributed by atoms with Crippen LogP contribution in [0.1, 0.15) is 21.9 Å². The summed E-state index contributed by atoms with van der Waals surface area (Å²) < 4.78 is 6.59. The molecule has 0 atom stereocenters. The number of carbonyl (C=O) groups is 1. The van der Waals surface area contributed by atoms with Crippen molar-refractivity contribution in [2.45, 2.75) is 6.92 Å².